The van der Waals surface area contributed by atoms with Gasteiger partial charge in [0, 0.05) is 6.20 Å². The molecule has 5 nitrogen and oxygen atoms in total. The third-order valence-electron chi connectivity index (χ3n) is 4.02. The van der Waals surface area contributed by atoms with Gasteiger partial charge in [0.25, 0.3) is 5.91 Å². The number of amides is 1. The first kappa shape index (κ1) is 17.8. The second-order valence-electron chi connectivity index (χ2n) is 5.84. The number of thioether (sulfide) groups is 1. The lowest BCUT2D eigenvalue weighted by Gasteiger charge is -2.22. The Morgan fingerprint density at radius 2 is 2.04 bits per heavy atom. The molecule has 0 bridgehead atoms. The molecular formula is C20H14BrN3O2S. The summed E-state index contributed by atoms with van der Waals surface area (Å²) in [5, 5.41) is 10.6. The van der Waals surface area contributed by atoms with Crippen LogP contribution in [0.5, 0.6) is 5.75 Å². The zero-order chi connectivity index (χ0) is 18.8. The largest absolute Gasteiger partial charge is 0.488 e. The molecule has 0 aliphatic carbocycles. The van der Waals surface area contributed by atoms with Gasteiger partial charge < -0.3 is 4.74 Å². The average Bonchev–Trinajstić information content (AvgIpc) is 3.14. The molecule has 0 unspecified atom stereocenters. The summed E-state index contributed by atoms with van der Waals surface area (Å²) in [5.74, 6) is 0.444. The molecule has 0 fully saturated rings. The molecule has 0 atom stereocenters. The summed E-state index contributed by atoms with van der Waals surface area (Å²) < 4.78 is 6.63. The van der Waals surface area contributed by atoms with E-state index in [9.17, 15) is 4.79 Å². The second kappa shape index (κ2) is 7.54. The van der Waals surface area contributed by atoms with Gasteiger partial charge in [-0.15, -0.1) is 0 Å². The minimum atomic E-state index is -0.400. The van der Waals surface area contributed by atoms with E-state index < -0.39 is 5.91 Å². The van der Waals surface area contributed by atoms with Crippen molar-refractivity contribution in [2.75, 3.05) is 0 Å². The number of hydrogen-bond acceptors (Lipinski definition) is 4. The highest BCUT2D eigenvalue weighted by Crippen LogP contribution is 2.30. The molecule has 2 aromatic carbocycles. The first-order valence-corrected chi connectivity index (χ1v) is 9.81. The molecule has 0 saturated heterocycles. The highest BCUT2D eigenvalue weighted by molar-refractivity contribution is 9.10. The van der Waals surface area contributed by atoms with Crippen LogP contribution in [0.1, 0.15) is 11.1 Å². The normalized spacial score (nSPS) is 17.3. The molecule has 0 spiro atoms. The van der Waals surface area contributed by atoms with Crippen LogP contribution in [0.3, 0.4) is 0 Å². The minimum absolute atomic E-state index is 0.131. The van der Waals surface area contributed by atoms with E-state index in [2.05, 4.69) is 20.9 Å². The van der Waals surface area contributed by atoms with E-state index in [0.717, 1.165) is 15.6 Å². The van der Waals surface area contributed by atoms with Crippen molar-refractivity contribution in [3.63, 3.8) is 0 Å². The van der Waals surface area contributed by atoms with E-state index in [1.807, 2.05) is 48.5 Å². The van der Waals surface area contributed by atoms with Gasteiger partial charge in [-0.3, -0.25) is 15.1 Å². The van der Waals surface area contributed by atoms with Crippen molar-refractivity contribution in [3.05, 3.63) is 81.3 Å². The minimum Gasteiger partial charge on any atom is -0.488 e. The summed E-state index contributed by atoms with van der Waals surface area (Å²) in [6.07, 6.45) is 3.41. The Hall–Kier alpha value is -2.64. The molecule has 4 rings (SSSR count). The summed E-state index contributed by atoms with van der Waals surface area (Å²) in [6.45, 7) is 0.472. The third-order valence-corrected chi connectivity index (χ3v) is 5.39. The summed E-state index contributed by atoms with van der Waals surface area (Å²) in [4.78, 5) is 17.9. The summed E-state index contributed by atoms with van der Waals surface area (Å²) in [7, 11) is 0. The van der Waals surface area contributed by atoms with Gasteiger partial charge >= 0.3 is 0 Å². The van der Waals surface area contributed by atoms with Crippen molar-refractivity contribution in [1.82, 2.24) is 4.90 Å². The monoisotopic (exact) mass is 439 g/mol. The number of aliphatic imine (C=N–C) groups is 1. The molecule has 2 aliphatic rings. The number of carbonyl (C=O) groups is 1. The fraction of sp³-hybridized carbons (Fsp3) is 0.0500. The second-order valence-corrected chi connectivity index (χ2v) is 7.57. The van der Waals surface area contributed by atoms with E-state index in [-0.39, 0.29) is 11.4 Å². The molecule has 1 N–H and O–H groups in total. The van der Waals surface area contributed by atoms with E-state index in [4.69, 9.17) is 10.1 Å². The van der Waals surface area contributed by atoms with Crippen molar-refractivity contribution in [2.45, 2.75) is 6.61 Å². The van der Waals surface area contributed by atoms with Crippen LogP contribution >= 0.6 is 27.7 Å². The standard InChI is InChI=1S/C20H14BrN3O2S/c21-16-11-14(6-7-17(16)26-12-13-4-2-1-3-5-13)10-15-18(22)24-8-9-27-20(24)23-19(15)25/h1-11,22H,12H2. The van der Waals surface area contributed by atoms with Crippen LogP contribution < -0.4 is 4.74 Å². The molecule has 134 valence electrons. The Morgan fingerprint density at radius 1 is 1.22 bits per heavy atom. The van der Waals surface area contributed by atoms with Crippen LogP contribution in [0.4, 0.5) is 0 Å². The number of fused-ring (bicyclic) bond motifs is 1. The zero-order valence-corrected chi connectivity index (χ0v) is 16.5. The van der Waals surface area contributed by atoms with Crippen molar-refractivity contribution >= 4 is 50.7 Å². The maximum Gasteiger partial charge on any atom is 0.283 e. The van der Waals surface area contributed by atoms with Crippen molar-refractivity contribution in [3.8, 4) is 5.75 Å². The number of nitrogens with zero attached hydrogens (tertiary/aromatic N) is 2. The number of rotatable bonds is 4. The number of halogens is 1. The molecule has 7 heteroatoms. The lowest BCUT2D eigenvalue weighted by Crippen LogP contribution is -2.35. The molecule has 0 radical (unpaired) electrons. The van der Waals surface area contributed by atoms with E-state index in [0.29, 0.717) is 17.5 Å². The molecule has 2 heterocycles. The first-order chi connectivity index (χ1) is 13.1. The third kappa shape index (κ3) is 3.74. The quantitative estimate of drug-likeness (QED) is 0.694. The van der Waals surface area contributed by atoms with Crippen LogP contribution in [-0.4, -0.2) is 21.8 Å². The first-order valence-electron chi connectivity index (χ1n) is 8.14. The molecule has 2 aliphatic heterocycles. The predicted molar refractivity (Wildman–Crippen MR) is 112 cm³/mol. The highest BCUT2D eigenvalue weighted by Gasteiger charge is 2.30. The highest BCUT2D eigenvalue weighted by atomic mass is 79.9. The number of hydrogen-bond donors (Lipinski definition) is 1. The zero-order valence-electron chi connectivity index (χ0n) is 14.1. The Labute approximate surface area is 169 Å². The molecule has 0 aromatic heterocycles. The maximum absolute atomic E-state index is 12.3. The van der Waals surface area contributed by atoms with Gasteiger partial charge in [-0.1, -0.05) is 48.2 Å². The lowest BCUT2D eigenvalue weighted by atomic mass is 10.1. The fourth-order valence-electron chi connectivity index (χ4n) is 2.66. The predicted octanol–water partition coefficient (Wildman–Crippen LogP) is 4.80. The number of carbonyl (C=O) groups excluding carboxylic acids is 1. The van der Waals surface area contributed by atoms with Crippen molar-refractivity contribution in [1.29, 1.82) is 5.41 Å². The summed E-state index contributed by atoms with van der Waals surface area (Å²) >= 11 is 4.85. The van der Waals surface area contributed by atoms with Gasteiger partial charge in [-0.05, 0) is 50.7 Å². The Balaban J connectivity index is 1.54. The van der Waals surface area contributed by atoms with Crippen molar-refractivity contribution < 1.29 is 9.53 Å². The fourth-order valence-corrected chi connectivity index (χ4v) is 3.87. The van der Waals surface area contributed by atoms with E-state index >= 15 is 0 Å². The van der Waals surface area contributed by atoms with Gasteiger partial charge in [0.15, 0.2) is 5.17 Å². The van der Waals surface area contributed by atoms with Gasteiger partial charge in [-0.25, -0.2) is 0 Å². The van der Waals surface area contributed by atoms with Gasteiger partial charge in [0.05, 0.1) is 10.0 Å². The number of nitrogens with one attached hydrogen (secondary N) is 1. The maximum atomic E-state index is 12.3. The van der Waals surface area contributed by atoms with Crippen LogP contribution in [0.25, 0.3) is 6.08 Å². The van der Waals surface area contributed by atoms with Crippen LogP contribution in [0.2, 0.25) is 0 Å². The number of ether oxygens (including phenoxy) is 1. The lowest BCUT2D eigenvalue weighted by molar-refractivity contribution is -0.114. The number of amidine groups is 2. The molecule has 1 amide bonds. The van der Waals surface area contributed by atoms with Crippen LogP contribution in [0, 0.1) is 5.41 Å². The van der Waals surface area contributed by atoms with Crippen LogP contribution in [-0.2, 0) is 11.4 Å². The van der Waals surface area contributed by atoms with Gasteiger partial charge in [-0.2, -0.15) is 4.99 Å². The number of benzene rings is 2. The van der Waals surface area contributed by atoms with Crippen LogP contribution in [0.15, 0.2) is 75.2 Å². The van der Waals surface area contributed by atoms with Gasteiger partial charge in [0.1, 0.15) is 18.2 Å². The molecular weight excluding hydrogens is 426 g/mol. The molecule has 2 aromatic rings. The molecule has 27 heavy (non-hydrogen) atoms. The summed E-state index contributed by atoms with van der Waals surface area (Å²) in [5.41, 5.74) is 2.13. The topological polar surface area (TPSA) is 65.8 Å². The Bertz CT molecular complexity index is 1020. The smallest absolute Gasteiger partial charge is 0.283 e. The van der Waals surface area contributed by atoms with E-state index in [1.165, 1.54) is 11.8 Å². The summed E-state index contributed by atoms with van der Waals surface area (Å²) in [6, 6.07) is 15.5. The van der Waals surface area contributed by atoms with Gasteiger partial charge in [0.2, 0.25) is 0 Å². The Kier molecular flexibility index (Phi) is 4.96. The molecule has 0 saturated carbocycles. The average molecular weight is 440 g/mol. The Morgan fingerprint density at radius 3 is 2.81 bits per heavy atom. The van der Waals surface area contributed by atoms with Crippen molar-refractivity contribution in [2.24, 2.45) is 4.99 Å². The SMILES string of the molecule is N=C1C(=Cc2ccc(OCc3ccccc3)c(Br)c2)C(=O)N=C2SC=CN12. The van der Waals surface area contributed by atoms with E-state index in [1.54, 1.807) is 22.6 Å².